The predicted octanol–water partition coefficient (Wildman–Crippen LogP) is 2.68. The number of nitriles is 1. The molecule has 3 rings (SSSR count). The lowest BCUT2D eigenvalue weighted by Crippen LogP contribution is -2.16. The zero-order chi connectivity index (χ0) is 19.4. The van der Waals surface area contributed by atoms with Gasteiger partial charge in [-0.15, -0.1) is 0 Å². The Bertz CT molecular complexity index is 976. The number of aliphatic hydroxyl groups excluding tert-OH is 1. The third-order valence-corrected chi connectivity index (χ3v) is 3.86. The zero-order valence-corrected chi connectivity index (χ0v) is 15.2. The lowest BCUT2D eigenvalue weighted by atomic mass is 10.1. The van der Waals surface area contributed by atoms with E-state index in [0.29, 0.717) is 40.0 Å². The van der Waals surface area contributed by atoms with Gasteiger partial charge in [-0.2, -0.15) is 10.4 Å². The normalized spacial score (nSPS) is 11.8. The van der Waals surface area contributed by atoms with Crippen molar-refractivity contribution in [3.8, 4) is 34.3 Å². The summed E-state index contributed by atoms with van der Waals surface area (Å²) >= 11 is 6.06. The Hall–Kier alpha value is -3.15. The van der Waals surface area contributed by atoms with E-state index in [4.69, 9.17) is 16.9 Å². The van der Waals surface area contributed by atoms with E-state index in [9.17, 15) is 10.2 Å². The molecule has 1 atom stereocenters. The van der Waals surface area contributed by atoms with Crippen LogP contribution in [0.2, 0.25) is 5.02 Å². The molecule has 2 heterocycles. The number of phenols is 1. The van der Waals surface area contributed by atoms with E-state index in [1.54, 1.807) is 37.5 Å². The fraction of sp³-hybridized carbons (Fsp3) is 0.222. The first-order valence-corrected chi connectivity index (χ1v) is 8.53. The smallest absolute Gasteiger partial charge is 0.223 e. The molecule has 0 spiro atoms. The third-order valence-electron chi connectivity index (χ3n) is 3.64. The molecule has 0 radical (unpaired) electrons. The van der Waals surface area contributed by atoms with E-state index < -0.39 is 6.10 Å². The summed E-state index contributed by atoms with van der Waals surface area (Å²) in [5.41, 5.74) is 2.37. The van der Waals surface area contributed by atoms with E-state index in [0.717, 1.165) is 0 Å². The summed E-state index contributed by atoms with van der Waals surface area (Å²) in [5.74, 6) is 0.376. The fourth-order valence-electron chi connectivity index (χ4n) is 2.52. The van der Waals surface area contributed by atoms with Crippen LogP contribution in [0.3, 0.4) is 0 Å². The fourth-order valence-corrected chi connectivity index (χ4v) is 2.75. The van der Waals surface area contributed by atoms with Crippen molar-refractivity contribution < 1.29 is 10.2 Å². The second kappa shape index (κ2) is 8.03. The van der Waals surface area contributed by atoms with Crippen molar-refractivity contribution in [3.05, 3.63) is 41.7 Å². The highest BCUT2D eigenvalue weighted by atomic mass is 35.5. The Morgan fingerprint density at radius 3 is 2.89 bits per heavy atom. The molecule has 0 aliphatic carbocycles. The summed E-state index contributed by atoms with van der Waals surface area (Å²) in [7, 11) is 0. The van der Waals surface area contributed by atoms with E-state index in [1.165, 1.54) is 10.7 Å². The third kappa shape index (κ3) is 4.53. The summed E-state index contributed by atoms with van der Waals surface area (Å²) in [4.78, 5) is 8.59. The molecule has 27 heavy (non-hydrogen) atoms. The van der Waals surface area contributed by atoms with Crippen molar-refractivity contribution in [2.24, 2.45) is 0 Å². The molecular weight excluding hydrogens is 368 g/mol. The summed E-state index contributed by atoms with van der Waals surface area (Å²) in [5, 5.41) is 36.0. The molecule has 3 aromatic rings. The minimum atomic E-state index is -0.541. The zero-order valence-electron chi connectivity index (χ0n) is 14.5. The maximum absolute atomic E-state index is 9.86. The molecule has 0 saturated carbocycles. The molecule has 1 aromatic carbocycles. The summed E-state index contributed by atoms with van der Waals surface area (Å²) in [6, 6.07) is 8.42. The lowest BCUT2D eigenvalue weighted by Gasteiger charge is -2.08. The maximum atomic E-state index is 9.86. The highest BCUT2D eigenvalue weighted by Gasteiger charge is 2.16. The predicted molar refractivity (Wildman–Crippen MR) is 101 cm³/mol. The van der Waals surface area contributed by atoms with Gasteiger partial charge in [-0.05, 0) is 31.2 Å². The summed E-state index contributed by atoms with van der Waals surface area (Å²) in [6.45, 7) is 2.04. The summed E-state index contributed by atoms with van der Waals surface area (Å²) in [6.07, 6.45) is 2.76. The summed E-state index contributed by atoms with van der Waals surface area (Å²) < 4.78 is 1.49. The lowest BCUT2D eigenvalue weighted by molar-refractivity contribution is 0.208. The van der Waals surface area contributed by atoms with E-state index in [1.807, 2.05) is 6.07 Å². The molecular formula is C18H17ClN6O2. The van der Waals surface area contributed by atoms with Crippen LogP contribution in [0.5, 0.6) is 5.75 Å². The number of hydrogen-bond acceptors (Lipinski definition) is 7. The topological polar surface area (TPSA) is 120 Å². The van der Waals surface area contributed by atoms with Gasteiger partial charge in [0, 0.05) is 35.1 Å². The largest absolute Gasteiger partial charge is 0.508 e. The highest BCUT2D eigenvalue weighted by molar-refractivity contribution is 6.31. The monoisotopic (exact) mass is 384 g/mol. The molecule has 9 heteroatoms. The molecule has 1 unspecified atom stereocenters. The number of rotatable bonds is 6. The maximum Gasteiger partial charge on any atom is 0.223 e. The van der Waals surface area contributed by atoms with Crippen LogP contribution in [0.15, 0.2) is 36.7 Å². The molecule has 3 N–H and O–H groups in total. The van der Waals surface area contributed by atoms with Gasteiger partial charge in [0.1, 0.15) is 18.0 Å². The molecule has 0 fully saturated rings. The Kier molecular flexibility index (Phi) is 5.54. The van der Waals surface area contributed by atoms with Crippen molar-refractivity contribution in [2.45, 2.75) is 19.6 Å². The van der Waals surface area contributed by atoms with Gasteiger partial charge in [0.05, 0.1) is 17.9 Å². The molecule has 138 valence electrons. The van der Waals surface area contributed by atoms with Crippen LogP contribution >= 0.6 is 11.6 Å². The number of phenolic OH excluding ortho intramolecular Hbond substituents is 1. The van der Waals surface area contributed by atoms with Crippen LogP contribution in [0.25, 0.3) is 22.5 Å². The first-order chi connectivity index (χ1) is 13.0. The quantitative estimate of drug-likeness (QED) is 0.597. The highest BCUT2D eigenvalue weighted by Crippen LogP contribution is 2.33. The molecule has 0 bridgehead atoms. The van der Waals surface area contributed by atoms with Crippen molar-refractivity contribution in [3.63, 3.8) is 0 Å². The minimum Gasteiger partial charge on any atom is -0.508 e. The van der Waals surface area contributed by atoms with Crippen LogP contribution in [0.1, 0.15) is 6.92 Å². The van der Waals surface area contributed by atoms with Gasteiger partial charge in [-0.25, -0.2) is 9.97 Å². The van der Waals surface area contributed by atoms with Gasteiger partial charge in [0.15, 0.2) is 0 Å². The van der Waals surface area contributed by atoms with Crippen molar-refractivity contribution in [2.75, 3.05) is 11.9 Å². The molecule has 8 nitrogen and oxygen atoms in total. The average Bonchev–Trinajstić information content (AvgIpc) is 3.04. The molecule has 2 aromatic heterocycles. The van der Waals surface area contributed by atoms with Crippen molar-refractivity contribution >= 4 is 17.5 Å². The number of halogens is 1. The van der Waals surface area contributed by atoms with Gasteiger partial charge in [0.25, 0.3) is 0 Å². The Morgan fingerprint density at radius 1 is 1.37 bits per heavy atom. The number of benzene rings is 1. The van der Waals surface area contributed by atoms with Gasteiger partial charge >= 0.3 is 0 Å². The van der Waals surface area contributed by atoms with Crippen LogP contribution in [-0.2, 0) is 6.54 Å². The number of aromatic nitrogens is 4. The Balaban J connectivity index is 2.07. The second-order valence-corrected chi connectivity index (χ2v) is 6.38. The number of anilines is 1. The second-order valence-electron chi connectivity index (χ2n) is 5.94. The van der Waals surface area contributed by atoms with Gasteiger partial charge < -0.3 is 15.5 Å². The van der Waals surface area contributed by atoms with Crippen LogP contribution in [-0.4, -0.2) is 42.6 Å². The van der Waals surface area contributed by atoms with Gasteiger partial charge in [-0.1, -0.05) is 11.6 Å². The Labute approximate surface area is 160 Å². The van der Waals surface area contributed by atoms with Crippen LogP contribution in [0, 0.1) is 11.3 Å². The average molecular weight is 385 g/mol. The number of aromatic hydroxyl groups is 1. The van der Waals surface area contributed by atoms with Gasteiger partial charge in [0.2, 0.25) is 5.95 Å². The van der Waals surface area contributed by atoms with Crippen molar-refractivity contribution in [1.29, 1.82) is 5.26 Å². The molecule has 0 amide bonds. The Morgan fingerprint density at radius 2 is 2.19 bits per heavy atom. The number of aliphatic hydroxyl groups is 1. The van der Waals surface area contributed by atoms with Crippen LogP contribution < -0.4 is 5.32 Å². The van der Waals surface area contributed by atoms with Gasteiger partial charge in [-0.3, -0.25) is 4.68 Å². The van der Waals surface area contributed by atoms with E-state index in [-0.39, 0.29) is 12.3 Å². The number of hydrogen-bond donors (Lipinski definition) is 3. The molecule has 0 aliphatic heterocycles. The number of nitrogens with zero attached hydrogens (tertiary/aromatic N) is 5. The van der Waals surface area contributed by atoms with E-state index in [2.05, 4.69) is 20.4 Å². The van der Waals surface area contributed by atoms with Crippen LogP contribution in [0.4, 0.5) is 5.95 Å². The number of nitrogens with one attached hydrogen (secondary N) is 1. The molecule has 0 saturated heterocycles. The minimum absolute atomic E-state index is 0.0141. The standard InChI is InChI=1S/C18H17ClN6O2/c1-11(26)9-22-18-21-4-2-16(23-18)15-10-25(5-3-20)24-17(15)12-6-13(19)8-14(27)7-12/h2,4,6-8,10-11,26-27H,5,9H2,1H3,(H,21,22,23). The first-order valence-electron chi connectivity index (χ1n) is 8.16. The van der Waals surface area contributed by atoms with E-state index >= 15 is 0 Å². The van der Waals surface area contributed by atoms with Crippen molar-refractivity contribution in [1.82, 2.24) is 19.7 Å². The molecule has 0 aliphatic rings. The first kappa shape index (κ1) is 18.6. The SMILES string of the molecule is CC(O)CNc1nccc(-c2cn(CC#N)nc2-c2cc(O)cc(Cl)c2)n1.